The number of esters is 1. The van der Waals surface area contributed by atoms with Crippen molar-refractivity contribution in [1.29, 1.82) is 0 Å². The zero-order valence-electron chi connectivity index (χ0n) is 11.1. The van der Waals surface area contributed by atoms with Crippen LogP contribution in [0.25, 0.3) is 0 Å². The third-order valence-electron chi connectivity index (χ3n) is 3.17. The van der Waals surface area contributed by atoms with Crippen molar-refractivity contribution in [3.05, 3.63) is 29.3 Å². The van der Waals surface area contributed by atoms with E-state index in [1.54, 1.807) is 0 Å². The number of ether oxygens (including phenoxy) is 2. The molecule has 1 heterocycles. The van der Waals surface area contributed by atoms with E-state index in [1.165, 1.54) is 5.56 Å². The number of cyclic esters (lactones) is 1. The van der Waals surface area contributed by atoms with Gasteiger partial charge in [0.15, 0.2) is 0 Å². The largest absolute Gasteiger partial charge is 0.489 e. The average molecular weight is 248 g/mol. The molecule has 98 valence electrons. The molecule has 3 nitrogen and oxygen atoms in total. The van der Waals surface area contributed by atoms with Crippen LogP contribution in [0.4, 0.5) is 0 Å². The Bertz CT molecular complexity index is 426. The molecule has 0 amide bonds. The van der Waals surface area contributed by atoms with E-state index in [0.29, 0.717) is 13.0 Å². The Morgan fingerprint density at radius 1 is 1.44 bits per heavy atom. The fourth-order valence-electron chi connectivity index (χ4n) is 2.20. The van der Waals surface area contributed by atoms with E-state index < -0.39 is 0 Å². The third kappa shape index (κ3) is 3.25. The molecule has 18 heavy (non-hydrogen) atoms. The normalized spacial score (nSPS) is 18.8. The lowest BCUT2D eigenvalue weighted by Gasteiger charge is -2.13. The van der Waals surface area contributed by atoms with Crippen LogP contribution in [0.1, 0.15) is 37.3 Å². The van der Waals surface area contributed by atoms with Crippen molar-refractivity contribution in [1.82, 2.24) is 0 Å². The van der Waals surface area contributed by atoms with Gasteiger partial charge in [0, 0.05) is 6.42 Å². The second-order valence-corrected chi connectivity index (χ2v) is 4.81. The molecule has 0 saturated carbocycles. The van der Waals surface area contributed by atoms with Crippen LogP contribution in [0.2, 0.25) is 0 Å². The summed E-state index contributed by atoms with van der Waals surface area (Å²) in [6.45, 7) is 4.68. The quantitative estimate of drug-likeness (QED) is 0.751. The van der Waals surface area contributed by atoms with Gasteiger partial charge in [-0.3, -0.25) is 4.79 Å². The first-order valence-corrected chi connectivity index (χ1v) is 6.61. The number of aryl methyl sites for hydroxylation is 2. The molecule has 1 fully saturated rings. The highest BCUT2D eigenvalue weighted by atomic mass is 16.6. The zero-order chi connectivity index (χ0) is 13.0. The van der Waals surface area contributed by atoms with Gasteiger partial charge in [-0.15, -0.1) is 0 Å². The summed E-state index contributed by atoms with van der Waals surface area (Å²) in [7, 11) is 0. The SMILES string of the molecule is CCCc1ccc(OC[C@H]2CCC(=O)O2)c(C)c1. The molecular formula is C15H20O3. The first kappa shape index (κ1) is 12.9. The van der Waals surface area contributed by atoms with Crippen LogP contribution in [0.5, 0.6) is 5.75 Å². The molecule has 1 aliphatic heterocycles. The Morgan fingerprint density at radius 2 is 2.28 bits per heavy atom. The topological polar surface area (TPSA) is 35.5 Å². The number of rotatable bonds is 5. The molecule has 1 aromatic rings. The number of carbonyl (C=O) groups is 1. The summed E-state index contributed by atoms with van der Waals surface area (Å²) in [6, 6.07) is 6.28. The van der Waals surface area contributed by atoms with E-state index in [-0.39, 0.29) is 12.1 Å². The Morgan fingerprint density at radius 3 is 2.89 bits per heavy atom. The third-order valence-corrected chi connectivity index (χ3v) is 3.17. The van der Waals surface area contributed by atoms with E-state index in [1.807, 2.05) is 6.07 Å². The van der Waals surface area contributed by atoms with E-state index in [9.17, 15) is 4.79 Å². The standard InChI is InChI=1S/C15H20O3/c1-3-4-12-5-7-14(11(2)9-12)17-10-13-6-8-15(16)18-13/h5,7,9,13H,3-4,6,8,10H2,1-2H3/t13-/m1/s1. The van der Waals surface area contributed by atoms with Crippen molar-refractivity contribution >= 4 is 5.97 Å². The number of hydrogen-bond acceptors (Lipinski definition) is 3. The summed E-state index contributed by atoms with van der Waals surface area (Å²) in [5.41, 5.74) is 2.49. The second-order valence-electron chi connectivity index (χ2n) is 4.81. The van der Waals surface area contributed by atoms with Gasteiger partial charge in [-0.25, -0.2) is 0 Å². The highest BCUT2D eigenvalue weighted by molar-refractivity contribution is 5.71. The van der Waals surface area contributed by atoms with Gasteiger partial charge >= 0.3 is 5.97 Å². The Kier molecular flexibility index (Phi) is 4.24. The van der Waals surface area contributed by atoms with Gasteiger partial charge in [0.25, 0.3) is 0 Å². The maximum Gasteiger partial charge on any atom is 0.306 e. The van der Waals surface area contributed by atoms with Crippen molar-refractivity contribution in [2.75, 3.05) is 6.61 Å². The number of carbonyl (C=O) groups excluding carboxylic acids is 1. The van der Waals surface area contributed by atoms with E-state index in [0.717, 1.165) is 30.6 Å². The minimum Gasteiger partial charge on any atom is -0.489 e. The summed E-state index contributed by atoms with van der Waals surface area (Å²) in [4.78, 5) is 11.0. The van der Waals surface area contributed by atoms with Gasteiger partial charge in [-0.1, -0.05) is 25.5 Å². The van der Waals surface area contributed by atoms with E-state index >= 15 is 0 Å². The molecule has 0 bridgehead atoms. The van der Waals surface area contributed by atoms with Crippen LogP contribution >= 0.6 is 0 Å². The van der Waals surface area contributed by atoms with Crippen LogP contribution in [0.3, 0.4) is 0 Å². The van der Waals surface area contributed by atoms with Crippen LogP contribution in [0, 0.1) is 6.92 Å². The molecule has 0 aromatic heterocycles. The minimum atomic E-state index is -0.112. The molecule has 0 aliphatic carbocycles. The Hall–Kier alpha value is -1.51. The lowest BCUT2D eigenvalue weighted by atomic mass is 10.1. The maximum absolute atomic E-state index is 11.0. The van der Waals surface area contributed by atoms with E-state index in [2.05, 4.69) is 26.0 Å². The fraction of sp³-hybridized carbons (Fsp3) is 0.533. The Balaban J connectivity index is 1.91. The molecule has 0 spiro atoms. The second kappa shape index (κ2) is 5.89. The molecule has 0 unspecified atom stereocenters. The molecule has 2 rings (SSSR count). The van der Waals surface area contributed by atoms with Crippen molar-refractivity contribution in [3.8, 4) is 5.75 Å². The molecule has 0 radical (unpaired) electrons. The molecule has 3 heteroatoms. The highest BCUT2D eigenvalue weighted by Crippen LogP contribution is 2.22. The molecular weight excluding hydrogens is 228 g/mol. The van der Waals surface area contributed by atoms with Gasteiger partial charge in [0.05, 0.1) is 0 Å². The van der Waals surface area contributed by atoms with Crippen molar-refractivity contribution < 1.29 is 14.3 Å². The smallest absolute Gasteiger partial charge is 0.306 e. The summed E-state index contributed by atoms with van der Waals surface area (Å²) in [5.74, 6) is 0.774. The Labute approximate surface area is 108 Å². The minimum absolute atomic E-state index is 0.0766. The summed E-state index contributed by atoms with van der Waals surface area (Å²) >= 11 is 0. The van der Waals surface area contributed by atoms with Crippen LogP contribution in [-0.2, 0) is 16.0 Å². The number of benzene rings is 1. The van der Waals surface area contributed by atoms with Gasteiger partial charge in [-0.2, -0.15) is 0 Å². The number of hydrogen-bond donors (Lipinski definition) is 0. The van der Waals surface area contributed by atoms with E-state index in [4.69, 9.17) is 9.47 Å². The molecule has 1 aromatic carbocycles. The maximum atomic E-state index is 11.0. The van der Waals surface area contributed by atoms with Crippen LogP contribution in [0.15, 0.2) is 18.2 Å². The first-order chi connectivity index (χ1) is 8.69. The summed E-state index contributed by atoms with van der Waals surface area (Å²) in [6.07, 6.45) is 3.46. The van der Waals surface area contributed by atoms with Gasteiger partial charge in [0.2, 0.25) is 0 Å². The van der Waals surface area contributed by atoms with Crippen molar-refractivity contribution in [2.24, 2.45) is 0 Å². The molecule has 1 saturated heterocycles. The highest BCUT2D eigenvalue weighted by Gasteiger charge is 2.23. The molecule has 0 N–H and O–H groups in total. The molecule has 1 atom stereocenters. The summed E-state index contributed by atoms with van der Waals surface area (Å²) < 4.78 is 10.8. The molecule has 1 aliphatic rings. The fourth-order valence-corrected chi connectivity index (χ4v) is 2.20. The average Bonchev–Trinajstić information content (AvgIpc) is 2.74. The monoisotopic (exact) mass is 248 g/mol. The van der Waals surface area contributed by atoms with Crippen molar-refractivity contribution in [2.45, 2.75) is 45.6 Å². The first-order valence-electron chi connectivity index (χ1n) is 6.61. The van der Waals surface area contributed by atoms with Crippen molar-refractivity contribution in [3.63, 3.8) is 0 Å². The zero-order valence-corrected chi connectivity index (χ0v) is 11.1. The van der Waals surface area contributed by atoms with Crippen LogP contribution < -0.4 is 4.74 Å². The van der Waals surface area contributed by atoms with Gasteiger partial charge in [-0.05, 0) is 37.0 Å². The lowest BCUT2D eigenvalue weighted by Crippen LogP contribution is -2.17. The predicted octanol–water partition coefficient (Wildman–Crippen LogP) is 3.03. The summed E-state index contributed by atoms with van der Waals surface area (Å²) in [5, 5.41) is 0. The van der Waals surface area contributed by atoms with Gasteiger partial charge in [0.1, 0.15) is 18.5 Å². The lowest BCUT2D eigenvalue weighted by molar-refractivity contribution is -0.142. The predicted molar refractivity (Wildman–Crippen MR) is 69.8 cm³/mol. The van der Waals surface area contributed by atoms with Crippen LogP contribution in [-0.4, -0.2) is 18.7 Å². The van der Waals surface area contributed by atoms with Gasteiger partial charge < -0.3 is 9.47 Å².